The van der Waals surface area contributed by atoms with Crippen molar-refractivity contribution in [2.24, 2.45) is 5.92 Å². The molecule has 1 aliphatic heterocycles. The minimum atomic E-state index is -4.35. The van der Waals surface area contributed by atoms with Gasteiger partial charge in [-0.1, -0.05) is 75.2 Å². The fraction of sp³-hybridized carbons (Fsp3) is 0.278. The van der Waals surface area contributed by atoms with E-state index in [0.29, 0.717) is 35.5 Å². The normalized spacial score (nSPS) is 16.9. The number of ether oxygens (including phenoxy) is 3. The molecule has 1 fully saturated rings. The average Bonchev–Trinajstić information content (AvgIpc) is 3.01. The van der Waals surface area contributed by atoms with Crippen LogP contribution >= 0.6 is 0 Å². The molecule has 0 N–H and O–H groups in total. The van der Waals surface area contributed by atoms with Gasteiger partial charge in [0.05, 0.1) is 13.2 Å². The van der Waals surface area contributed by atoms with Crippen LogP contribution in [0.5, 0.6) is 5.75 Å². The lowest BCUT2D eigenvalue weighted by Gasteiger charge is -2.30. The van der Waals surface area contributed by atoms with E-state index in [1.54, 1.807) is 12.1 Å². The van der Waals surface area contributed by atoms with E-state index in [2.05, 4.69) is 13.5 Å². The van der Waals surface area contributed by atoms with Crippen LogP contribution in [0.1, 0.15) is 55.6 Å². The lowest BCUT2D eigenvalue weighted by Crippen LogP contribution is -2.28. The molecule has 0 bridgehead atoms. The summed E-state index contributed by atoms with van der Waals surface area (Å²) in [7, 11) is 0. The van der Waals surface area contributed by atoms with Crippen molar-refractivity contribution < 1.29 is 40.6 Å². The van der Waals surface area contributed by atoms with Crippen LogP contribution in [0.4, 0.5) is 26.3 Å². The van der Waals surface area contributed by atoms with Crippen molar-refractivity contribution in [3.8, 4) is 28.0 Å². The predicted molar refractivity (Wildman–Crippen MR) is 160 cm³/mol. The molecule has 0 unspecified atom stereocenters. The van der Waals surface area contributed by atoms with E-state index in [4.69, 9.17) is 14.2 Å². The fourth-order valence-electron chi connectivity index (χ4n) is 5.30. The number of unbranched alkanes of at least 4 members (excludes halogenated alkanes) is 2. The summed E-state index contributed by atoms with van der Waals surface area (Å²) in [4.78, 5) is 0. The van der Waals surface area contributed by atoms with Gasteiger partial charge in [-0.25, -0.2) is 17.6 Å². The number of hydrogen-bond acceptors (Lipinski definition) is 3. The first-order chi connectivity index (χ1) is 21.6. The summed E-state index contributed by atoms with van der Waals surface area (Å²) in [5, 5.41) is 0. The maximum atomic E-state index is 15.0. The molecule has 45 heavy (non-hydrogen) atoms. The number of hydrogen-bond donors (Lipinski definition) is 0. The highest BCUT2D eigenvalue weighted by atomic mass is 19.3. The Morgan fingerprint density at radius 1 is 0.778 bits per heavy atom. The Kier molecular flexibility index (Phi) is 9.99. The van der Waals surface area contributed by atoms with E-state index in [-0.39, 0.29) is 22.8 Å². The molecular formula is C36H32F6O3. The Balaban J connectivity index is 1.26. The summed E-state index contributed by atoms with van der Waals surface area (Å²) in [5.74, 6) is -4.36. The van der Waals surface area contributed by atoms with Gasteiger partial charge < -0.3 is 14.2 Å². The van der Waals surface area contributed by atoms with E-state index in [1.165, 1.54) is 54.6 Å². The first-order valence-corrected chi connectivity index (χ1v) is 14.7. The van der Waals surface area contributed by atoms with Crippen LogP contribution in [0, 0.1) is 29.2 Å². The number of benzene rings is 4. The quantitative estimate of drug-likeness (QED) is 0.122. The van der Waals surface area contributed by atoms with Gasteiger partial charge >= 0.3 is 6.11 Å². The van der Waals surface area contributed by atoms with Crippen LogP contribution in [-0.2, 0) is 15.6 Å². The molecule has 1 heterocycles. The Morgan fingerprint density at radius 3 is 2.00 bits per heavy atom. The van der Waals surface area contributed by atoms with Gasteiger partial charge in [0.15, 0.2) is 6.29 Å². The molecule has 0 aliphatic carbocycles. The van der Waals surface area contributed by atoms with E-state index in [9.17, 15) is 17.6 Å². The summed E-state index contributed by atoms with van der Waals surface area (Å²) < 4.78 is 105. The van der Waals surface area contributed by atoms with Crippen molar-refractivity contribution in [2.75, 3.05) is 13.2 Å². The van der Waals surface area contributed by atoms with E-state index in [0.717, 1.165) is 37.8 Å². The molecule has 9 heteroatoms. The minimum Gasteiger partial charge on any atom is -0.429 e. The maximum absolute atomic E-state index is 15.0. The van der Waals surface area contributed by atoms with Gasteiger partial charge in [0, 0.05) is 22.6 Å². The Morgan fingerprint density at radius 2 is 1.40 bits per heavy atom. The zero-order valence-corrected chi connectivity index (χ0v) is 24.6. The highest BCUT2D eigenvalue weighted by molar-refractivity contribution is 5.72. The van der Waals surface area contributed by atoms with Gasteiger partial charge in [0.2, 0.25) is 0 Å². The molecule has 0 atom stereocenters. The second kappa shape index (κ2) is 13.9. The molecule has 5 rings (SSSR count). The first kappa shape index (κ1) is 32.3. The Labute approximate surface area is 258 Å². The third-order valence-electron chi connectivity index (χ3n) is 7.74. The molecule has 1 aliphatic rings. The standard InChI is InChI=1S/C36H32F6O3/c1-3-5-6-7-22-20-43-35(44-21-22)27-18-32(39)34(33(40)19-27)36(41,42)45-28-13-10-24(11-14-28)25-12-15-29(31(38)16-25)26-9-8-23(4-2)30(37)17-26/h4,8-19,22,35H,2-3,5-7,20-21H2,1H3. The van der Waals surface area contributed by atoms with Crippen LogP contribution < -0.4 is 4.74 Å². The highest BCUT2D eigenvalue weighted by Gasteiger charge is 2.42. The van der Waals surface area contributed by atoms with Gasteiger partial charge in [-0.3, -0.25) is 0 Å². The van der Waals surface area contributed by atoms with Gasteiger partial charge in [-0.05, 0) is 59.5 Å². The number of rotatable bonds is 11. The summed E-state index contributed by atoms with van der Waals surface area (Å²) in [6.45, 7) is 6.31. The molecule has 1 saturated heterocycles. The first-order valence-electron chi connectivity index (χ1n) is 14.7. The van der Waals surface area contributed by atoms with Crippen molar-refractivity contribution in [2.45, 2.75) is 45.0 Å². The van der Waals surface area contributed by atoms with Gasteiger partial charge in [-0.15, -0.1) is 0 Å². The second-order valence-corrected chi connectivity index (χ2v) is 11.0. The van der Waals surface area contributed by atoms with E-state index >= 15 is 8.78 Å². The summed E-state index contributed by atoms with van der Waals surface area (Å²) in [6, 6.07) is 15.3. The predicted octanol–water partition coefficient (Wildman–Crippen LogP) is 10.6. The smallest absolute Gasteiger partial charge is 0.429 e. The minimum absolute atomic E-state index is 0.0434. The largest absolute Gasteiger partial charge is 0.432 e. The van der Waals surface area contributed by atoms with Crippen molar-refractivity contribution in [1.29, 1.82) is 0 Å². The van der Waals surface area contributed by atoms with Gasteiger partial charge in [0.1, 0.15) is 34.6 Å². The van der Waals surface area contributed by atoms with E-state index < -0.39 is 41.2 Å². The molecule has 4 aromatic rings. The van der Waals surface area contributed by atoms with Crippen molar-refractivity contribution in [3.05, 3.63) is 119 Å². The van der Waals surface area contributed by atoms with Crippen LogP contribution in [0.15, 0.2) is 79.4 Å². The highest BCUT2D eigenvalue weighted by Crippen LogP contribution is 2.38. The number of alkyl halides is 2. The van der Waals surface area contributed by atoms with Crippen molar-refractivity contribution >= 4 is 6.08 Å². The maximum Gasteiger partial charge on any atom is 0.432 e. The lowest BCUT2D eigenvalue weighted by atomic mass is 9.98. The third-order valence-corrected chi connectivity index (χ3v) is 7.74. The van der Waals surface area contributed by atoms with E-state index in [1.807, 2.05) is 0 Å². The molecule has 3 nitrogen and oxygen atoms in total. The monoisotopic (exact) mass is 626 g/mol. The SMILES string of the molecule is C=Cc1ccc(-c2ccc(-c3ccc(OC(F)(F)c4c(F)cc(C5OCC(CCCCC)CO5)cc4F)cc3)cc2F)cc1F. The van der Waals surface area contributed by atoms with Gasteiger partial charge in [-0.2, -0.15) is 8.78 Å². The van der Waals surface area contributed by atoms with Crippen LogP contribution in [0.2, 0.25) is 0 Å². The molecule has 0 radical (unpaired) electrons. The Hall–Kier alpha value is -4.08. The molecule has 4 aromatic carbocycles. The van der Waals surface area contributed by atoms with Crippen molar-refractivity contribution in [1.82, 2.24) is 0 Å². The zero-order valence-electron chi connectivity index (χ0n) is 24.6. The topological polar surface area (TPSA) is 27.7 Å². The summed E-state index contributed by atoms with van der Waals surface area (Å²) in [6.07, 6.45) is 0.0386. The molecule has 0 aromatic heterocycles. The van der Waals surface area contributed by atoms with Gasteiger partial charge in [0.25, 0.3) is 0 Å². The lowest BCUT2D eigenvalue weighted by molar-refractivity contribution is -0.206. The summed E-state index contributed by atoms with van der Waals surface area (Å²) >= 11 is 0. The van der Waals surface area contributed by atoms with Crippen molar-refractivity contribution in [3.63, 3.8) is 0 Å². The molecular weight excluding hydrogens is 594 g/mol. The van der Waals surface area contributed by atoms with Crippen LogP contribution in [0.25, 0.3) is 28.3 Å². The molecule has 0 saturated carbocycles. The zero-order chi connectivity index (χ0) is 32.1. The second-order valence-electron chi connectivity index (χ2n) is 11.0. The number of halogens is 6. The molecule has 0 amide bonds. The third kappa shape index (κ3) is 7.43. The van der Waals surface area contributed by atoms with Crippen LogP contribution in [-0.4, -0.2) is 13.2 Å². The molecule has 0 spiro atoms. The Bertz CT molecular complexity index is 1620. The van der Waals surface area contributed by atoms with Crippen LogP contribution in [0.3, 0.4) is 0 Å². The average molecular weight is 627 g/mol. The molecule has 236 valence electrons. The summed E-state index contributed by atoms with van der Waals surface area (Å²) in [5.41, 5.74) is 0.107. The fourth-order valence-corrected chi connectivity index (χ4v) is 5.30.